The molecule has 0 aromatic carbocycles. The number of allylic oxidation sites excluding steroid dienone is 1. The molecule has 0 bridgehead atoms. The zero-order valence-corrected chi connectivity index (χ0v) is 8.77. The Kier molecular flexibility index (Phi) is 2.03. The van der Waals surface area contributed by atoms with Crippen LogP contribution in [0, 0.1) is 5.41 Å². The quantitative estimate of drug-likeness (QED) is 0.568. The summed E-state index contributed by atoms with van der Waals surface area (Å²) < 4.78 is 0. The highest BCUT2D eigenvalue weighted by Gasteiger charge is 2.50. The number of aliphatic hydroxyl groups is 1. The monoisotopic (exact) mass is 180 g/mol. The van der Waals surface area contributed by atoms with Crippen LogP contribution in [-0.4, -0.2) is 10.7 Å². The Labute approximate surface area is 80.8 Å². The average molecular weight is 180 g/mol. The summed E-state index contributed by atoms with van der Waals surface area (Å²) >= 11 is 0. The van der Waals surface area contributed by atoms with E-state index in [1.165, 1.54) is 31.3 Å². The predicted molar refractivity (Wildman–Crippen MR) is 54.5 cm³/mol. The largest absolute Gasteiger partial charge is 0.385 e. The first kappa shape index (κ1) is 9.26. The van der Waals surface area contributed by atoms with Gasteiger partial charge in [-0.3, -0.25) is 0 Å². The van der Waals surface area contributed by atoms with Crippen LogP contribution in [0.4, 0.5) is 0 Å². The second-order valence-electron chi connectivity index (χ2n) is 5.05. The van der Waals surface area contributed by atoms with Gasteiger partial charge in [-0.2, -0.15) is 0 Å². The van der Waals surface area contributed by atoms with Crippen LogP contribution in [0.3, 0.4) is 0 Å². The first-order valence-electron chi connectivity index (χ1n) is 5.48. The molecule has 0 unspecified atom stereocenters. The van der Waals surface area contributed by atoms with E-state index in [0.29, 0.717) is 0 Å². The summed E-state index contributed by atoms with van der Waals surface area (Å²) in [5, 5.41) is 10.7. The first-order valence-corrected chi connectivity index (χ1v) is 5.48. The van der Waals surface area contributed by atoms with Crippen LogP contribution in [0.2, 0.25) is 0 Å². The van der Waals surface area contributed by atoms with Gasteiger partial charge < -0.3 is 5.11 Å². The molecule has 0 aliphatic heterocycles. The van der Waals surface area contributed by atoms with Crippen LogP contribution in [0.25, 0.3) is 0 Å². The van der Waals surface area contributed by atoms with Crippen molar-refractivity contribution < 1.29 is 5.11 Å². The van der Waals surface area contributed by atoms with Gasteiger partial charge in [-0.15, -0.1) is 0 Å². The maximum absolute atomic E-state index is 10.7. The highest BCUT2D eigenvalue weighted by Crippen LogP contribution is 2.53. The predicted octanol–water partition coefficient (Wildman–Crippen LogP) is 3.04. The molecule has 13 heavy (non-hydrogen) atoms. The molecule has 1 nitrogen and oxygen atoms in total. The van der Waals surface area contributed by atoms with Gasteiger partial charge in [0.1, 0.15) is 0 Å². The van der Waals surface area contributed by atoms with E-state index in [1.54, 1.807) is 0 Å². The summed E-state index contributed by atoms with van der Waals surface area (Å²) in [4.78, 5) is 0. The van der Waals surface area contributed by atoms with Gasteiger partial charge in [0, 0.05) is 5.41 Å². The Morgan fingerprint density at radius 2 is 1.92 bits per heavy atom. The normalized spacial score (nSPS) is 45.3. The number of rotatable bonds is 0. The van der Waals surface area contributed by atoms with Crippen molar-refractivity contribution in [3.63, 3.8) is 0 Å². The summed E-state index contributed by atoms with van der Waals surface area (Å²) in [6.07, 6.45) is 9.22. The van der Waals surface area contributed by atoms with Crippen molar-refractivity contribution in [2.75, 3.05) is 0 Å². The van der Waals surface area contributed by atoms with Crippen LogP contribution < -0.4 is 0 Å². The lowest BCUT2D eigenvalue weighted by molar-refractivity contribution is -0.0860. The lowest BCUT2D eigenvalue weighted by atomic mass is 9.57. The molecular weight excluding hydrogens is 160 g/mol. The second-order valence-corrected chi connectivity index (χ2v) is 5.05. The van der Waals surface area contributed by atoms with Crippen LogP contribution in [0.5, 0.6) is 0 Å². The lowest BCUT2D eigenvalue weighted by Crippen LogP contribution is -2.51. The van der Waals surface area contributed by atoms with Gasteiger partial charge in [-0.05, 0) is 38.2 Å². The Hall–Kier alpha value is -0.300. The van der Waals surface area contributed by atoms with Crippen molar-refractivity contribution in [3.05, 3.63) is 11.6 Å². The van der Waals surface area contributed by atoms with Crippen molar-refractivity contribution >= 4 is 0 Å². The highest BCUT2D eigenvalue weighted by atomic mass is 16.3. The molecule has 0 saturated heterocycles. The molecule has 2 aliphatic carbocycles. The van der Waals surface area contributed by atoms with Crippen molar-refractivity contribution in [2.24, 2.45) is 5.41 Å². The SMILES string of the molecule is CC1=CCC[C@@]2(C)CCCC[C@@]12O. The maximum Gasteiger partial charge on any atom is 0.0907 e. The third-order valence-electron chi connectivity index (χ3n) is 4.31. The van der Waals surface area contributed by atoms with E-state index in [0.717, 1.165) is 12.8 Å². The summed E-state index contributed by atoms with van der Waals surface area (Å²) in [6, 6.07) is 0. The molecular formula is C12H20O. The summed E-state index contributed by atoms with van der Waals surface area (Å²) in [7, 11) is 0. The molecule has 0 aromatic heterocycles. The molecule has 2 atom stereocenters. The highest BCUT2D eigenvalue weighted by molar-refractivity contribution is 5.24. The fourth-order valence-electron chi connectivity index (χ4n) is 3.19. The minimum Gasteiger partial charge on any atom is -0.385 e. The van der Waals surface area contributed by atoms with Gasteiger partial charge in [0.25, 0.3) is 0 Å². The Bertz CT molecular complexity index is 244. The Morgan fingerprint density at radius 3 is 2.62 bits per heavy atom. The van der Waals surface area contributed by atoms with Gasteiger partial charge in [-0.25, -0.2) is 0 Å². The zero-order valence-electron chi connectivity index (χ0n) is 8.77. The van der Waals surface area contributed by atoms with Crippen molar-refractivity contribution in [1.82, 2.24) is 0 Å². The van der Waals surface area contributed by atoms with Gasteiger partial charge in [0.05, 0.1) is 5.60 Å². The minimum absolute atomic E-state index is 0.171. The number of hydrogen-bond acceptors (Lipinski definition) is 1. The molecule has 0 heterocycles. The summed E-state index contributed by atoms with van der Waals surface area (Å²) in [6.45, 7) is 4.37. The van der Waals surface area contributed by atoms with Crippen molar-refractivity contribution in [2.45, 2.75) is 58.0 Å². The fraction of sp³-hybridized carbons (Fsp3) is 0.833. The number of hydrogen-bond donors (Lipinski definition) is 1. The van der Waals surface area contributed by atoms with Crippen LogP contribution >= 0.6 is 0 Å². The van der Waals surface area contributed by atoms with Gasteiger partial charge in [0.15, 0.2) is 0 Å². The fourth-order valence-corrected chi connectivity index (χ4v) is 3.19. The van der Waals surface area contributed by atoms with E-state index in [-0.39, 0.29) is 5.41 Å². The van der Waals surface area contributed by atoms with E-state index in [9.17, 15) is 5.11 Å². The second kappa shape index (κ2) is 2.84. The van der Waals surface area contributed by atoms with Gasteiger partial charge in [0.2, 0.25) is 0 Å². The van der Waals surface area contributed by atoms with Gasteiger partial charge in [-0.1, -0.05) is 25.8 Å². The average Bonchev–Trinajstić information content (AvgIpc) is 2.09. The topological polar surface area (TPSA) is 20.2 Å². The van der Waals surface area contributed by atoms with E-state index in [2.05, 4.69) is 19.9 Å². The third-order valence-corrected chi connectivity index (χ3v) is 4.31. The van der Waals surface area contributed by atoms with Crippen LogP contribution in [0.15, 0.2) is 11.6 Å². The summed E-state index contributed by atoms with van der Waals surface area (Å²) in [5.74, 6) is 0. The molecule has 0 radical (unpaired) electrons. The summed E-state index contributed by atoms with van der Waals surface area (Å²) in [5.41, 5.74) is 0.925. The molecule has 2 rings (SSSR count). The zero-order chi connectivity index (χ0) is 9.53. The van der Waals surface area contributed by atoms with E-state index >= 15 is 0 Å². The first-order chi connectivity index (χ1) is 6.08. The molecule has 1 heteroatoms. The molecule has 1 N–H and O–H groups in total. The molecule has 2 aliphatic rings. The lowest BCUT2D eigenvalue weighted by Gasteiger charge is -2.51. The van der Waals surface area contributed by atoms with Crippen molar-refractivity contribution in [1.29, 1.82) is 0 Å². The molecule has 0 aromatic rings. The number of fused-ring (bicyclic) bond motifs is 1. The van der Waals surface area contributed by atoms with Gasteiger partial charge >= 0.3 is 0 Å². The van der Waals surface area contributed by atoms with Crippen molar-refractivity contribution in [3.8, 4) is 0 Å². The molecule has 1 fully saturated rings. The van der Waals surface area contributed by atoms with E-state index in [4.69, 9.17) is 0 Å². The van der Waals surface area contributed by atoms with Crippen LogP contribution in [0.1, 0.15) is 52.4 Å². The standard InChI is InChI=1S/C12H20O/c1-10-6-5-8-11(2)7-3-4-9-12(10,11)13/h6,13H,3-5,7-9H2,1-2H3/t11-,12-/m1/s1. The van der Waals surface area contributed by atoms with Crippen LogP contribution in [-0.2, 0) is 0 Å². The Morgan fingerprint density at radius 1 is 1.23 bits per heavy atom. The molecule has 0 amide bonds. The Balaban J connectivity index is 2.38. The van der Waals surface area contributed by atoms with E-state index in [1.807, 2.05) is 0 Å². The minimum atomic E-state index is -0.469. The molecule has 1 saturated carbocycles. The van der Waals surface area contributed by atoms with E-state index < -0.39 is 5.60 Å². The third kappa shape index (κ3) is 1.17. The molecule has 0 spiro atoms. The molecule has 74 valence electrons. The smallest absolute Gasteiger partial charge is 0.0907 e. The maximum atomic E-state index is 10.7.